The van der Waals surface area contributed by atoms with E-state index < -0.39 is 22.0 Å². The summed E-state index contributed by atoms with van der Waals surface area (Å²) in [6, 6.07) is 10.1. The molecule has 0 aliphatic carbocycles. The Bertz CT molecular complexity index is 1690. The number of ether oxygens (including phenoxy) is 4. The molecule has 14 heteroatoms. The van der Waals surface area contributed by atoms with E-state index in [4.69, 9.17) is 23.5 Å². The number of anilines is 1. The van der Waals surface area contributed by atoms with E-state index in [0.717, 1.165) is 36.3 Å². The predicted octanol–water partition coefficient (Wildman–Crippen LogP) is 4.75. The Labute approximate surface area is 288 Å². The number of carbonyl (C=O) groups excluding carboxylic acids is 1. The van der Waals surface area contributed by atoms with Crippen LogP contribution in [0.2, 0.25) is 0 Å². The van der Waals surface area contributed by atoms with Crippen LogP contribution in [0.4, 0.5) is 5.69 Å². The number of nitrogens with zero attached hydrogens (tertiary/aromatic N) is 3. The molecule has 13 nitrogen and oxygen atoms in total. The largest absolute Gasteiger partial charge is 0.490 e. The molecule has 0 saturated carbocycles. The number of hydrogen-bond donors (Lipinski definition) is 2. The number of aromatic nitrogens is 1. The molecular formula is C35H48N4O9S. The molecule has 0 spiro atoms. The molecule has 0 fully saturated rings. The number of carbonyl (C=O) groups is 1. The lowest BCUT2D eigenvalue weighted by Gasteiger charge is -2.36. The van der Waals surface area contributed by atoms with Crippen molar-refractivity contribution < 1.29 is 41.8 Å². The van der Waals surface area contributed by atoms with Crippen LogP contribution in [0, 0.1) is 19.8 Å². The number of amides is 1. The molecule has 3 aromatic rings. The lowest BCUT2D eigenvalue weighted by molar-refractivity contribution is -0.0177. The number of aryl methyl sites for hydroxylation is 2. The molecule has 4 atom stereocenters. The minimum absolute atomic E-state index is 0.0531. The lowest BCUT2D eigenvalue weighted by atomic mass is 10.0. The van der Waals surface area contributed by atoms with E-state index >= 15 is 0 Å². The van der Waals surface area contributed by atoms with Gasteiger partial charge in [-0.25, -0.2) is 8.42 Å². The first-order valence-electron chi connectivity index (χ1n) is 16.7. The number of benzene rings is 2. The van der Waals surface area contributed by atoms with Crippen LogP contribution < -0.4 is 18.9 Å². The van der Waals surface area contributed by atoms with Gasteiger partial charge in [-0.3, -0.25) is 14.4 Å². The number of rotatable bonds is 9. The SMILES string of the molecule is Cc1noc(C)c1S(=O)(=O)Nc1ccc2c(c1)C(=O)N([C@H](C)CO)C[C@@H](C)[C@@H](CN(C)Cc1ccc3c(c1)OCO3)OCCCC[C@H](C)O2. The summed E-state index contributed by atoms with van der Waals surface area (Å²) < 4.78 is 58.1. The summed E-state index contributed by atoms with van der Waals surface area (Å²) in [7, 11) is -2.04. The first-order valence-corrected chi connectivity index (χ1v) is 18.2. The van der Waals surface area contributed by atoms with Crippen molar-refractivity contribution in [3.05, 3.63) is 59.0 Å². The molecule has 0 saturated heterocycles. The van der Waals surface area contributed by atoms with E-state index in [0.29, 0.717) is 25.4 Å². The summed E-state index contributed by atoms with van der Waals surface area (Å²) in [5.74, 6) is 1.46. The van der Waals surface area contributed by atoms with Crippen LogP contribution in [0.5, 0.6) is 17.2 Å². The number of likely N-dealkylation sites (N-methyl/N-ethyl adjacent to an activating group) is 1. The minimum atomic E-state index is -4.07. The third-order valence-electron chi connectivity index (χ3n) is 8.92. The third kappa shape index (κ3) is 8.85. The highest BCUT2D eigenvalue weighted by Crippen LogP contribution is 2.33. The molecule has 1 aromatic heterocycles. The molecule has 0 unspecified atom stereocenters. The van der Waals surface area contributed by atoms with Gasteiger partial charge in [-0.2, -0.15) is 0 Å². The predicted molar refractivity (Wildman–Crippen MR) is 183 cm³/mol. The fraction of sp³-hybridized carbons (Fsp3) is 0.543. The molecule has 2 aliphatic heterocycles. The minimum Gasteiger partial charge on any atom is -0.490 e. The number of hydrogen-bond acceptors (Lipinski definition) is 11. The Morgan fingerprint density at radius 3 is 2.57 bits per heavy atom. The molecule has 0 radical (unpaired) electrons. The average Bonchev–Trinajstić information content (AvgIpc) is 3.67. The van der Waals surface area contributed by atoms with Crippen LogP contribution >= 0.6 is 0 Å². The van der Waals surface area contributed by atoms with Crippen LogP contribution in [0.25, 0.3) is 0 Å². The molecule has 3 heterocycles. The maximum absolute atomic E-state index is 14.4. The second-order valence-electron chi connectivity index (χ2n) is 13.2. The standard InChI is InChI=1S/C35H48N4O9S/c1-22-17-39(23(2)20-40)35(41)29-16-28(37-49(42,43)34-25(4)36-48-26(34)5)11-13-30(29)47-24(3)9-7-8-14-44-33(22)19-38(6)18-27-10-12-31-32(15-27)46-21-45-31/h10-13,15-16,22-24,33,37,40H,7-9,14,17-21H2,1-6H3/t22-,23-,24+,33-/m1/s1. The van der Waals surface area contributed by atoms with Crippen LogP contribution in [0.15, 0.2) is 45.8 Å². The molecule has 2 aliphatic rings. The van der Waals surface area contributed by atoms with Gasteiger partial charge in [0, 0.05) is 37.8 Å². The summed E-state index contributed by atoms with van der Waals surface area (Å²) in [5.41, 5.74) is 1.68. The van der Waals surface area contributed by atoms with Gasteiger partial charge in [0.2, 0.25) is 6.79 Å². The first-order chi connectivity index (χ1) is 23.4. The highest BCUT2D eigenvalue weighted by molar-refractivity contribution is 7.92. The van der Waals surface area contributed by atoms with Gasteiger partial charge in [0.05, 0.1) is 30.4 Å². The van der Waals surface area contributed by atoms with E-state index in [1.807, 2.05) is 39.1 Å². The normalized spacial score (nSPS) is 21.2. The van der Waals surface area contributed by atoms with E-state index in [1.54, 1.807) is 30.9 Å². The van der Waals surface area contributed by atoms with Crippen LogP contribution in [0.3, 0.4) is 0 Å². The number of nitrogens with one attached hydrogen (secondary N) is 1. The molecule has 5 rings (SSSR count). The molecular weight excluding hydrogens is 652 g/mol. The molecule has 2 N–H and O–H groups in total. The van der Waals surface area contributed by atoms with Gasteiger partial charge in [0.25, 0.3) is 15.9 Å². The van der Waals surface area contributed by atoms with Crippen molar-refractivity contribution in [3.8, 4) is 17.2 Å². The Kier molecular flexibility index (Phi) is 11.7. The maximum atomic E-state index is 14.4. The van der Waals surface area contributed by atoms with Crippen LogP contribution in [0.1, 0.15) is 67.4 Å². The molecule has 268 valence electrons. The summed E-state index contributed by atoms with van der Waals surface area (Å²) in [6.07, 6.45) is 2.00. The zero-order valence-corrected chi connectivity index (χ0v) is 29.9. The van der Waals surface area contributed by atoms with Crippen molar-refractivity contribution in [1.82, 2.24) is 15.0 Å². The van der Waals surface area contributed by atoms with Crippen molar-refractivity contribution in [3.63, 3.8) is 0 Å². The quantitative estimate of drug-likeness (QED) is 0.318. The van der Waals surface area contributed by atoms with E-state index in [-0.39, 0.29) is 65.7 Å². The van der Waals surface area contributed by atoms with Crippen molar-refractivity contribution in [2.45, 2.75) is 83.6 Å². The van der Waals surface area contributed by atoms with Crippen molar-refractivity contribution >= 4 is 21.6 Å². The average molecular weight is 701 g/mol. The van der Waals surface area contributed by atoms with Gasteiger partial charge in [0.1, 0.15) is 11.4 Å². The van der Waals surface area contributed by atoms with E-state index in [2.05, 4.69) is 14.8 Å². The van der Waals surface area contributed by atoms with Gasteiger partial charge >= 0.3 is 0 Å². The van der Waals surface area contributed by atoms with Crippen LogP contribution in [-0.2, 0) is 21.3 Å². The van der Waals surface area contributed by atoms with Gasteiger partial charge < -0.3 is 33.5 Å². The van der Waals surface area contributed by atoms with Gasteiger partial charge in [-0.05, 0) is 89.9 Å². The van der Waals surface area contributed by atoms with Crippen molar-refractivity contribution in [2.75, 3.05) is 44.9 Å². The zero-order chi connectivity index (χ0) is 35.3. The first kappa shape index (κ1) is 36.4. The molecule has 1 amide bonds. The maximum Gasteiger partial charge on any atom is 0.267 e. The topological polar surface area (TPSA) is 153 Å². The molecule has 0 bridgehead atoms. The second kappa shape index (κ2) is 15.8. The highest BCUT2D eigenvalue weighted by atomic mass is 32.2. The molecule has 2 aromatic carbocycles. The Balaban J connectivity index is 1.41. The van der Waals surface area contributed by atoms with Gasteiger partial charge in [-0.1, -0.05) is 18.1 Å². The van der Waals surface area contributed by atoms with Gasteiger partial charge in [0.15, 0.2) is 22.2 Å². The van der Waals surface area contributed by atoms with Crippen molar-refractivity contribution in [1.29, 1.82) is 0 Å². The summed E-state index contributed by atoms with van der Waals surface area (Å²) >= 11 is 0. The zero-order valence-electron chi connectivity index (χ0n) is 29.1. The second-order valence-corrected chi connectivity index (χ2v) is 14.8. The Morgan fingerprint density at radius 2 is 1.84 bits per heavy atom. The number of aliphatic hydroxyl groups excluding tert-OH is 1. The summed E-state index contributed by atoms with van der Waals surface area (Å²) in [4.78, 5) is 18.2. The number of sulfonamides is 1. The monoisotopic (exact) mass is 700 g/mol. The van der Waals surface area contributed by atoms with Crippen molar-refractivity contribution in [2.24, 2.45) is 5.92 Å². The van der Waals surface area contributed by atoms with E-state index in [9.17, 15) is 18.3 Å². The molecule has 49 heavy (non-hydrogen) atoms. The third-order valence-corrected chi connectivity index (χ3v) is 10.5. The summed E-state index contributed by atoms with van der Waals surface area (Å²) in [5, 5.41) is 14.0. The smallest absolute Gasteiger partial charge is 0.267 e. The van der Waals surface area contributed by atoms with E-state index in [1.165, 1.54) is 13.0 Å². The fourth-order valence-corrected chi connectivity index (χ4v) is 7.62. The number of aliphatic hydroxyl groups is 1. The fourth-order valence-electron chi connectivity index (χ4n) is 6.24. The lowest BCUT2D eigenvalue weighted by Crippen LogP contribution is -2.47. The Hall–Kier alpha value is -3.85. The van der Waals surface area contributed by atoms with Crippen LogP contribution in [-0.4, -0.2) is 92.8 Å². The van der Waals surface area contributed by atoms with Gasteiger partial charge in [-0.15, -0.1) is 0 Å². The number of fused-ring (bicyclic) bond motifs is 2. The summed E-state index contributed by atoms with van der Waals surface area (Å²) in [6.45, 7) is 10.9. The Morgan fingerprint density at radius 1 is 1.08 bits per heavy atom. The highest BCUT2D eigenvalue weighted by Gasteiger charge is 2.31.